The zero-order chi connectivity index (χ0) is 13.9. The normalized spacial score (nSPS) is 14.5. The van der Waals surface area contributed by atoms with Crippen LogP contribution >= 0.6 is 15.9 Å². The van der Waals surface area contributed by atoms with E-state index in [4.69, 9.17) is 5.11 Å². The molecular formula is C12H14BrFO3S. The first-order chi connectivity index (χ1) is 8.32. The first kappa shape index (κ1) is 15.3. The topological polar surface area (TPSA) is 54.4 Å². The largest absolute Gasteiger partial charge is 0.480 e. The predicted molar refractivity (Wildman–Crippen MR) is 72.2 cm³/mol. The standard InChI is InChI=1S/C12H14BrFO3S/c1-7(2)11(12(15)16)18(17)6-8-3-4-9(13)5-10(8)14/h3-5,7,11H,6H2,1-2H3,(H,15,16). The van der Waals surface area contributed by atoms with Gasteiger partial charge in [0, 0.05) is 20.8 Å². The number of hydrogen-bond acceptors (Lipinski definition) is 2. The monoisotopic (exact) mass is 336 g/mol. The number of aliphatic carboxylic acids is 1. The predicted octanol–water partition coefficient (Wildman–Crippen LogP) is 2.95. The molecule has 0 spiro atoms. The molecular weight excluding hydrogens is 323 g/mol. The molecule has 2 atom stereocenters. The molecule has 0 saturated heterocycles. The molecule has 2 unspecified atom stereocenters. The fraction of sp³-hybridized carbons (Fsp3) is 0.417. The number of rotatable bonds is 5. The quantitative estimate of drug-likeness (QED) is 0.899. The van der Waals surface area contributed by atoms with Crippen LogP contribution < -0.4 is 0 Å². The third-order valence-electron chi connectivity index (χ3n) is 2.44. The molecule has 3 nitrogen and oxygen atoms in total. The molecule has 0 aliphatic rings. The van der Waals surface area contributed by atoms with E-state index < -0.39 is 27.8 Å². The number of hydrogen-bond donors (Lipinski definition) is 1. The molecule has 0 saturated carbocycles. The van der Waals surface area contributed by atoms with E-state index in [-0.39, 0.29) is 17.2 Å². The van der Waals surface area contributed by atoms with Gasteiger partial charge in [-0.1, -0.05) is 35.8 Å². The lowest BCUT2D eigenvalue weighted by Gasteiger charge is -2.15. The number of carbonyl (C=O) groups is 1. The molecule has 18 heavy (non-hydrogen) atoms. The minimum absolute atomic E-state index is 0.0890. The van der Waals surface area contributed by atoms with Gasteiger partial charge in [-0.2, -0.15) is 0 Å². The summed E-state index contributed by atoms with van der Waals surface area (Å²) in [5, 5.41) is 8.03. The van der Waals surface area contributed by atoms with Gasteiger partial charge in [-0.3, -0.25) is 9.00 Å². The Bertz CT molecular complexity index is 476. The van der Waals surface area contributed by atoms with Crippen molar-refractivity contribution in [2.45, 2.75) is 24.9 Å². The fourth-order valence-electron chi connectivity index (χ4n) is 1.58. The Morgan fingerprint density at radius 1 is 1.50 bits per heavy atom. The zero-order valence-corrected chi connectivity index (χ0v) is 12.4. The van der Waals surface area contributed by atoms with Crippen molar-refractivity contribution in [1.82, 2.24) is 0 Å². The third kappa shape index (κ3) is 3.88. The summed E-state index contributed by atoms with van der Waals surface area (Å²) in [7, 11) is -1.64. The fourth-order valence-corrected chi connectivity index (χ4v) is 3.47. The highest BCUT2D eigenvalue weighted by atomic mass is 79.9. The van der Waals surface area contributed by atoms with E-state index in [1.165, 1.54) is 12.1 Å². The van der Waals surface area contributed by atoms with Gasteiger partial charge in [0.2, 0.25) is 0 Å². The summed E-state index contributed by atoms with van der Waals surface area (Å²) in [6, 6.07) is 4.43. The molecule has 0 fully saturated rings. The zero-order valence-electron chi connectivity index (χ0n) is 10.0. The van der Waals surface area contributed by atoms with Gasteiger partial charge in [0.05, 0.1) is 5.75 Å². The Kier molecular flexibility index (Phi) is 5.47. The van der Waals surface area contributed by atoms with Crippen LogP contribution in [0.15, 0.2) is 22.7 Å². The van der Waals surface area contributed by atoms with Crippen LogP contribution in [-0.2, 0) is 21.3 Å². The smallest absolute Gasteiger partial charge is 0.319 e. The molecule has 0 bridgehead atoms. The van der Waals surface area contributed by atoms with Crippen LogP contribution in [-0.4, -0.2) is 20.5 Å². The highest BCUT2D eigenvalue weighted by molar-refractivity contribution is 9.10. The van der Waals surface area contributed by atoms with Gasteiger partial charge in [-0.15, -0.1) is 0 Å². The van der Waals surface area contributed by atoms with E-state index in [0.29, 0.717) is 4.47 Å². The second kappa shape index (κ2) is 6.43. The lowest BCUT2D eigenvalue weighted by molar-refractivity contribution is -0.137. The van der Waals surface area contributed by atoms with E-state index in [0.717, 1.165) is 0 Å². The maximum Gasteiger partial charge on any atom is 0.319 e. The maximum atomic E-state index is 13.6. The first-order valence-corrected chi connectivity index (χ1v) is 7.54. The van der Waals surface area contributed by atoms with Gasteiger partial charge < -0.3 is 5.11 Å². The Morgan fingerprint density at radius 3 is 2.56 bits per heavy atom. The SMILES string of the molecule is CC(C)C(C(=O)O)S(=O)Cc1ccc(Br)cc1F. The second-order valence-corrected chi connectivity index (χ2v) is 6.74. The van der Waals surface area contributed by atoms with Gasteiger partial charge >= 0.3 is 5.97 Å². The van der Waals surface area contributed by atoms with Crippen LogP contribution in [0.25, 0.3) is 0 Å². The van der Waals surface area contributed by atoms with Crippen LogP contribution in [0.2, 0.25) is 0 Å². The van der Waals surface area contributed by atoms with Gasteiger partial charge in [-0.05, 0) is 18.1 Å². The summed E-state index contributed by atoms with van der Waals surface area (Å²) in [6.07, 6.45) is 0. The molecule has 1 aromatic rings. The molecule has 1 rings (SSSR count). The minimum atomic E-state index is -1.64. The highest BCUT2D eigenvalue weighted by Gasteiger charge is 2.28. The summed E-state index contributed by atoms with van der Waals surface area (Å²) in [5.41, 5.74) is 0.267. The van der Waals surface area contributed by atoms with Crippen molar-refractivity contribution >= 4 is 32.7 Å². The lowest BCUT2D eigenvalue weighted by Crippen LogP contribution is -2.31. The Balaban J connectivity index is 2.89. The number of benzene rings is 1. The van der Waals surface area contributed by atoms with Gasteiger partial charge in [0.1, 0.15) is 11.1 Å². The van der Waals surface area contributed by atoms with Gasteiger partial charge in [-0.25, -0.2) is 4.39 Å². The van der Waals surface area contributed by atoms with E-state index in [1.54, 1.807) is 19.9 Å². The molecule has 1 aromatic carbocycles. The summed E-state index contributed by atoms with van der Waals surface area (Å²) in [6.45, 7) is 3.38. The molecule has 0 aliphatic carbocycles. The molecule has 0 radical (unpaired) electrons. The highest BCUT2D eigenvalue weighted by Crippen LogP contribution is 2.19. The molecule has 6 heteroatoms. The van der Waals surface area contributed by atoms with E-state index >= 15 is 0 Å². The molecule has 0 aromatic heterocycles. The van der Waals surface area contributed by atoms with Crippen LogP contribution in [0.3, 0.4) is 0 Å². The van der Waals surface area contributed by atoms with Crippen LogP contribution in [0.4, 0.5) is 4.39 Å². The maximum absolute atomic E-state index is 13.6. The van der Waals surface area contributed by atoms with Crippen molar-refractivity contribution in [3.63, 3.8) is 0 Å². The Morgan fingerprint density at radius 2 is 2.11 bits per heavy atom. The number of carboxylic acids is 1. The van der Waals surface area contributed by atoms with Crippen molar-refractivity contribution in [2.24, 2.45) is 5.92 Å². The van der Waals surface area contributed by atoms with E-state index in [9.17, 15) is 13.4 Å². The van der Waals surface area contributed by atoms with Crippen molar-refractivity contribution in [3.05, 3.63) is 34.1 Å². The molecule has 0 heterocycles. The van der Waals surface area contributed by atoms with Crippen molar-refractivity contribution in [2.75, 3.05) is 0 Å². The summed E-state index contributed by atoms with van der Waals surface area (Å²) >= 11 is 3.13. The summed E-state index contributed by atoms with van der Waals surface area (Å²) in [5.74, 6) is -1.94. The van der Waals surface area contributed by atoms with E-state index in [2.05, 4.69) is 15.9 Å². The van der Waals surface area contributed by atoms with Crippen molar-refractivity contribution in [1.29, 1.82) is 0 Å². The summed E-state index contributed by atoms with van der Waals surface area (Å²) in [4.78, 5) is 11.0. The van der Waals surface area contributed by atoms with Gasteiger partial charge in [0.15, 0.2) is 0 Å². The first-order valence-electron chi connectivity index (χ1n) is 5.37. The van der Waals surface area contributed by atoms with Crippen molar-refractivity contribution in [3.8, 4) is 0 Å². The second-order valence-electron chi connectivity index (χ2n) is 4.26. The lowest BCUT2D eigenvalue weighted by atomic mass is 10.1. The van der Waals surface area contributed by atoms with Crippen molar-refractivity contribution < 1.29 is 18.5 Å². The molecule has 1 N–H and O–H groups in total. The Labute approximate surface area is 116 Å². The average molecular weight is 337 g/mol. The van der Waals surface area contributed by atoms with Gasteiger partial charge in [0.25, 0.3) is 0 Å². The minimum Gasteiger partial charge on any atom is -0.480 e. The average Bonchev–Trinajstić information content (AvgIpc) is 2.21. The van der Waals surface area contributed by atoms with Crippen LogP contribution in [0.1, 0.15) is 19.4 Å². The molecule has 0 amide bonds. The van der Waals surface area contributed by atoms with Crippen LogP contribution in [0.5, 0.6) is 0 Å². The summed E-state index contributed by atoms with van der Waals surface area (Å²) < 4.78 is 26.1. The molecule has 100 valence electrons. The number of carboxylic acid groups (broad SMARTS) is 1. The number of halogens is 2. The third-order valence-corrected chi connectivity index (χ3v) is 4.85. The Hall–Kier alpha value is -0.750. The van der Waals surface area contributed by atoms with E-state index in [1.807, 2.05) is 0 Å². The van der Waals surface area contributed by atoms with Crippen LogP contribution in [0, 0.1) is 11.7 Å². The molecule has 0 aliphatic heterocycles.